The summed E-state index contributed by atoms with van der Waals surface area (Å²) >= 11 is 0. The van der Waals surface area contributed by atoms with Crippen LogP contribution in [0.25, 0.3) is 98.7 Å². The van der Waals surface area contributed by atoms with Gasteiger partial charge >= 0.3 is 11.9 Å². The van der Waals surface area contributed by atoms with Crippen LogP contribution < -0.4 is 9.47 Å². The number of hydrogen-bond donors (Lipinski definition) is 2. The molecule has 0 aromatic heterocycles. The first-order valence-electron chi connectivity index (χ1n) is 20.4. The fourth-order valence-electron chi connectivity index (χ4n) is 8.68. The van der Waals surface area contributed by atoms with Crippen LogP contribution in [0.4, 0.5) is 0 Å². The van der Waals surface area contributed by atoms with Crippen LogP contribution in [-0.4, -0.2) is 35.4 Å². The van der Waals surface area contributed by atoms with Gasteiger partial charge in [-0.25, -0.2) is 9.59 Å². The lowest BCUT2D eigenvalue weighted by Gasteiger charge is -2.20. The van der Waals surface area contributed by atoms with Gasteiger partial charge in [-0.2, -0.15) is 0 Å². The predicted molar refractivity (Wildman–Crippen MR) is 250 cm³/mol. The van der Waals surface area contributed by atoms with Crippen molar-refractivity contribution in [1.82, 2.24) is 0 Å². The van der Waals surface area contributed by atoms with Gasteiger partial charge in [0.2, 0.25) is 0 Å². The summed E-state index contributed by atoms with van der Waals surface area (Å²) in [6.45, 7) is -1.14. The Morgan fingerprint density at radius 2 is 0.645 bits per heavy atom. The number of benzene rings is 10. The van der Waals surface area contributed by atoms with Gasteiger partial charge in [0.25, 0.3) is 0 Å². The number of fused-ring (bicyclic) bond motifs is 4. The third kappa shape index (κ3) is 7.24. The summed E-state index contributed by atoms with van der Waals surface area (Å²) < 4.78 is 12.1. The molecule has 10 rings (SSSR count). The normalized spacial score (nSPS) is 11.3. The molecule has 0 heterocycles. The number of ether oxygens (including phenoxy) is 2. The lowest BCUT2D eigenvalue weighted by atomic mass is 9.88. The van der Waals surface area contributed by atoms with Crippen molar-refractivity contribution in [3.8, 4) is 67.1 Å². The molecule has 298 valence electrons. The Kier molecular flexibility index (Phi) is 9.87. The van der Waals surface area contributed by atoms with Crippen molar-refractivity contribution in [2.45, 2.75) is 0 Å². The number of hydrogen-bond acceptors (Lipinski definition) is 4. The van der Waals surface area contributed by atoms with Gasteiger partial charge in [-0.1, -0.05) is 158 Å². The number of aliphatic carboxylic acids is 2. The molecule has 0 bridgehead atoms. The monoisotopic (exact) mass is 806 g/mol. The topological polar surface area (TPSA) is 93.1 Å². The van der Waals surface area contributed by atoms with Crippen molar-refractivity contribution in [2.75, 3.05) is 13.2 Å². The van der Waals surface area contributed by atoms with Gasteiger partial charge in [-0.3, -0.25) is 0 Å². The zero-order valence-electron chi connectivity index (χ0n) is 33.4. The molecule has 6 nitrogen and oxygen atoms in total. The Labute approximate surface area is 357 Å². The number of carboxylic acid groups (broad SMARTS) is 2. The van der Waals surface area contributed by atoms with E-state index >= 15 is 0 Å². The lowest BCUT2D eigenvalue weighted by Crippen LogP contribution is -2.11. The molecule has 0 saturated heterocycles. The summed E-state index contributed by atoms with van der Waals surface area (Å²) in [7, 11) is 0. The van der Waals surface area contributed by atoms with Crippen LogP contribution in [0.1, 0.15) is 0 Å². The average Bonchev–Trinajstić information content (AvgIpc) is 3.31. The van der Waals surface area contributed by atoms with Crippen LogP contribution in [0.5, 0.6) is 11.5 Å². The van der Waals surface area contributed by atoms with E-state index < -0.39 is 25.2 Å². The second kappa shape index (κ2) is 16.1. The van der Waals surface area contributed by atoms with Gasteiger partial charge in [0, 0.05) is 11.1 Å². The second-order valence-electron chi connectivity index (χ2n) is 15.3. The lowest BCUT2D eigenvalue weighted by molar-refractivity contribution is -0.140. The standard InChI is InChI=1S/C56H38O6/c57-53(58)33-61-51-27-23-43-31-41(47-15-7-5-13-45(47)39-19-17-35-9-1-3-11-37(35)29-39)21-25-49(43)55(51)56-50-26-22-42(32-44(50)24-28-52(56)62-34-54(59)60)48-16-8-6-14-46(48)40-20-18-36-10-2-4-12-38(36)30-40/h1-32H,33-34H2,(H,57,58)(H,59,60). The van der Waals surface area contributed by atoms with E-state index in [-0.39, 0.29) is 0 Å². The number of carbonyl (C=O) groups is 2. The maximum atomic E-state index is 11.9. The van der Waals surface area contributed by atoms with Gasteiger partial charge in [0.05, 0.1) is 0 Å². The minimum atomic E-state index is -1.12. The maximum absolute atomic E-state index is 11.9. The Balaban J connectivity index is 1.14. The molecule has 2 N–H and O–H groups in total. The molecule has 0 aliphatic heterocycles. The molecule has 0 aliphatic rings. The Morgan fingerprint density at radius 1 is 0.339 bits per heavy atom. The number of carboxylic acids is 2. The van der Waals surface area contributed by atoms with Crippen LogP contribution in [0.2, 0.25) is 0 Å². The molecule has 0 saturated carbocycles. The van der Waals surface area contributed by atoms with Gasteiger partial charge in [-0.15, -0.1) is 0 Å². The van der Waals surface area contributed by atoms with Gasteiger partial charge in [-0.05, 0) is 124 Å². The maximum Gasteiger partial charge on any atom is 0.341 e. The molecule has 0 fully saturated rings. The van der Waals surface area contributed by atoms with Gasteiger partial charge < -0.3 is 19.7 Å². The Bertz CT molecular complexity index is 3160. The van der Waals surface area contributed by atoms with Crippen LogP contribution in [0, 0.1) is 0 Å². The van der Waals surface area contributed by atoms with Crippen LogP contribution >= 0.6 is 0 Å². The summed E-state index contributed by atoms with van der Waals surface area (Å²) in [5, 5.41) is 27.5. The minimum absolute atomic E-state index is 0.336. The van der Waals surface area contributed by atoms with E-state index in [1.54, 1.807) is 12.1 Å². The zero-order chi connectivity index (χ0) is 42.2. The van der Waals surface area contributed by atoms with Crippen molar-refractivity contribution < 1.29 is 29.3 Å². The van der Waals surface area contributed by atoms with Crippen molar-refractivity contribution in [1.29, 1.82) is 0 Å². The van der Waals surface area contributed by atoms with Crippen molar-refractivity contribution in [2.24, 2.45) is 0 Å². The van der Waals surface area contributed by atoms with Gasteiger partial charge in [0.15, 0.2) is 13.2 Å². The highest BCUT2D eigenvalue weighted by atomic mass is 16.5. The quantitative estimate of drug-likeness (QED) is 0.135. The first-order valence-corrected chi connectivity index (χ1v) is 20.4. The average molecular weight is 807 g/mol. The van der Waals surface area contributed by atoms with Crippen molar-refractivity contribution in [3.05, 3.63) is 194 Å². The molecule has 0 spiro atoms. The summed E-state index contributed by atoms with van der Waals surface area (Å²) in [5.74, 6) is -1.57. The highest BCUT2D eigenvalue weighted by Crippen LogP contribution is 2.48. The molecule has 0 aliphatic carbocycles. The smallest absolute Gasteiger partial charge is 0.341 e. The highest BCUT2D eigenvalue weighted by molar-refractivity contribution is 6.11. The van der Waals surface area contributed by atoms with E-state index in [4.69, 9.17) is 9.47 Å². The van der Waals surface area contributed by atoms with Crippen LogP contribution in [0.3, 0.4) is 0 Å². The molecule has 10 aromatic rings. The van der Waals surface area contributed by atoms with E-state index in [1.165, 1.54) is 10.8 Å². The molecule has 0 radical (unpaired) electrons. The molecular weight excluding hydrogens is 769 g/mol. The van der Waals surface area contributed by atoms with Gasteiger partial charge in [0.1, 0.15) is 11.5 Å². The highest BCUT2D eigenvalue weighted by Gasteiger charge is 2.22. The molecule has 6 heteroatoms. The third-order valence-electron chi connectivity index (χ3n) is 11.5. The summed E-state index contributed by atoms with van der Waals surface area (Å²) in [5.41, 5.74) is 9.73. The predicted octanol–water partition coefficient (Wildman–Crippen LogP) is 13.6. The van der Waals surface area contributed by atoms with E-state index in [0.29, 0.717) is 22.6 Å². The van der Waals surface area contributed by atoms with Crippen molar-refractivity contribution >= 4 is 55.0 Å². The summed E-state index contributed by atoms with van der Waals surface area (Å²) in [6, 6.07) is 66.2. The SMILES string of the molecule is O=C(O)COc1ccc2cc(-c3ccccc3-c3ccc4ccccc4c3)ccc2c1-c1c(OCC(=O)O)ccc2cc(-c3ccccc3-c3ccc4ccccc4c3)ccc12. The third-order valence-corrected chi connectivity index (χ3v) is 11.5. The molecule has 0 unspecified atom stereocenters. The number of rotatable bonds is 11. The zero-order valence-corrected chi connectivity index (χ0v) is 33.4. The second-order valence-corrected chi connectivity index (χ2v) is 15.3. The fraction of sp³-hybridized carbons (Fsp3) is 0.0357. The minimum Gasteiger partial charge on any atom is -0.481 e. The van der Waals surface area contributed by atoms with Crippen LogP contribution in [0.15, 0.2) is 194 Å². The summed E-state index contributed by atoms with van der Waals surface area (Å²) in [6.07, 6.45) is 0. The molecular formula is C56H38O6. The van der Waals surface area contributed by atoms with E-state index in [2.05, 4.69) is 109 Å². The molecule has 62 heavy (non-hydrogen) atoms. The Morgan fingerprint density at radius 3 is 1.02 bits per heavy atom. The summed E-state index contributed by atoms with van der Waals surface area (Å²) in [4.78, 5) is 23.8. The van der Waals surface area contributed by atoms with E-state index in [9.17, 15) is 19.8 Å². The molecule has 10 aromatic carbocycles. The first kappa shape index (κ1) is 38.0. The van der Waals surface area contributed by atoms with E-state index in [0.717, 1.165) is 76.8 Å². The van der Waals surface area contributed by atoms with E-state index in [1.807, 2.05) is 72.8 Å². The van der Waals surface area contributed by atoms with Crippen LogP contribution in [-0.2, 0) is 9.59 Å². The van der Waals surface area contributed by atoms with Crippen molar-refractivity contribution in [3.63, 3.8) is 0 Å². The Hall–Kier alpha value is -8.22. The molecule has 0 atom stereocenters. The fourth-order valence-corrected chi connectivity index (χ4v) is 8.68. The first-order chi connectivity index (χ1) is 30.4. The largest absolute Gasteiger partial charge is 0.481 e. The molecule has 0 amide bonds.